The number of hydrogen-bond donors (Lipinski definition) is 0. The van der Waals surface area contributed by atoms with Crippen LogP contribution in [-0.2, 0) is 38.1 Å². The van der Waals surface area contributed by atoms with E-state index in [0.29, 0.717) is 12.8 Å². The van der Waals surface area contributed by atoms with Crippen LogP contribution in [0.2, 0.25) is 0 Å². The van der Waals surface area contributed by atoms with Gasteiger partial charge in [0.1, 0.15) is 0 Å². The maximum absolute atomic E-state index is 12.6. The second kappa shape index (κ2) is 12.7. The second-order valence-electron chi connectivity index (χ2n) is 6.30. The van der Waals surface area contributed by atoms with E-state index in [1.54, 1.807) is 27.7 Å². The van der Waals surface area contributed by atoms with Crippen LogP contribution in [-0.4, -0.2) is 61.2 Å². The minimum Gasteiger partial charge on any atom is -0.464 e. The average molecular weight is 425 g/mol. The Morgan fingerprint density at radius 1 is 0.767 bits per heavy atom. The molecule has 30 heavy (non-hydrogen) atoms. The molecule has 9 nitrogen and oxygen atoms in total. The molecule has 168 valence electrons. The second-order valence-corrected chi connectivity index (χ2v) is 6.30. The Kier molecular flexibility index (Phi) is 10.6. The predicted molar refractivity (Wildman–Crippen MR) is 107 cm³/mol. The number of carbonyl (C=O) groups is 4. The third kappa shape index (κ3) is 6.33. The number of ether oxygens (including phenoxy) is 4. The number of esters is 4. The molecule has 0 amide bonds. The molecular weight excluding hydrogens is 394 g/mol. The summed E-state index contributed by atoms with van der Waals surface area (Å²) in [5.41, 5.74) is 0.311. The smallest absolute Gasteiger partial charge is 0.340 e. The Morgan fingerprint density at radius 2 is 1.17 bits per heavy atom. The summed E-state index contributed by atoms with van der Waals surface area (Å²) in [7, 11) is 0. The van der Waals surface area contributed by atoms with Crippen LogP contribution in [0.5, 0.6) is 0 Å². The lowest BCUT2D eigenvalue weighted by molar-refractivity contribution is -0.161. The van der Waals surface area contributed by atoms with Gasteiger partial charge in [-0.05, 0) is 34.1 Å². The molecule has 0 saturated carbocycles. The van der Waals surface area contributed by atoms with Crippen LogP contribution in [0.15, 0.2) is 23.5 Å². The molecule has 0 aliphatic carbocycles. The van der Waals surface area contributed by atoms with Gasteiger partial charge in [-0.2, -0.15) is 0 Å². The van der Waals surface area contributed by atoms with Gasteiger partial charge in [-0.1, -0.05) is 13.3 Å². The first-order chi connectivity index (χ1) is 14.4. The highest BCUT2D eigenvalue weighted by Crippen LogP contribution is 2.33. The molecular formula is C21H31NO8. The molecule has 0 unspecified atom stereocenters. The van der Waals surface area contributed by atoms with Crippen LogP contribution in [0.3, 0.4) is 0 Å². The third-order valence-electron chi connectivity index (χ3n) is 4.24. The first kappa shape index (κ1) is 25.2. The molecule has 0 fully saturated rings. The summed E-state index contributed by atoms with van der Waals surface area (Å²) in [6, 6.07) is -1.51. The Labute approximate surface area is 177 Å². The molecule has 1 aliphatic rings. The predicted octanol–water partition coefficient (Wildman–Crippen LogP) is 2.11. The van der Waals surface area contributed by atoms with Crippen molar-refractivity contribution in [2.75, 3.05) is 26.4 Å². The van der Waals surface area contributed by atoms with E-state index in [2.05, 4.69) is 0 Å². The van der Waals surface area contributed by atoms with Crippen molar-refractivity contribution in [3.05, 3.63) is 23.5 Å². The Hall–Kier alpha value is -2.84. The standard InChI is InChI=1S/C21H31NO8/c1-6-11-14-15(18(23)27-7-2)12-22(13-16(14)19(24)28-8-3)17(20(25)29-9-4)21(26)30-10-5/h12-14,17H,6-11H2,1-5H3. The van der Waals surface area contributed by atoms with E-state index < -0.39 is 35.8 Å². The molecule has 0 aromatic heterocycles. The molecule has 0 N–H and O–H groups in total. The van der Waals surface area contributed by atoms with E-state index in [-0.39, 0.29) is 37.6 Å². The van der Waals surface area contributed by atoms with Crippen molar-refractivity contribution in [3.8, 4) is 0 Å². The van der Waals surface area contributed by atoms with Gasteiger partial charge in [-0.3, -0.25) is 0 Å². The van der Waals surface area contributed by atoms with Crippen LogP contribution >= 0.6 is 0 Å². The van der Waals surface area contributed by atoms with Crippen LogP contribution in [0.25, 0.3) is 0 Å². The summed E-state index contributed by atoms with van der Waals surface area (Å²) in [6.07, 6.45) is 3.85. The van der Waals surface area contributed by atoms with Gasteiger partial charge >= 0.3 is 23.9 Å². The summed E-state index contributed by atoms with van der Waals surface area (Å²) in [6.45, 7) is 8.80. The molecule has 1 aliphatic heterocycles. The SMILES string of the molecule is CCCC1C(C(=O)OCC)=CN(C(C(=O)OCC)C(=O)OCC)C=C1C(=O)OCC. The molecule has 0 radical (unpaired) electrons. The van der Waals surface area contributed by atoms with Gasteiger partial charge < -0.3 is 23.8 Å². The normalized spacial score (nSPS) is 14.0. The van der Waals surface area contributed by atoms with Crippen molar-refractivity contribution in [3.63, 3.8) is 0 Å². The summed E-state index contributed by atoms with van der Waals surface area (Å²) in [5, 5.41) is 0. The Bertz CT molecular complexity index is 643. The number of carbonyl (C=O) groups excluding carboxylic acids is 4. The maximum atomic E-state index is 12.6. The fraction of sp³-hybridized carbons (Fsp3) is 0.619. The fourth-order valence-electron chi connectivity index (χ4n) is 3.06. The summed E-state index contributed by atoms with van der Waals surface area (Å²) in [4.78, 5) is 51.5. The summed E-state index contributed by atoms with van der Waals surface area (Å²) >= 11 is 0. The summed E-state index contributed by atoms with van der Waals surface area (Å²) < 4.78 is 20.3. The first-order valence-electron chi connectivity index (χ1n) is 10.2. The molecule has 1 heterocycles. The zero-order valence-corrected chi connectivity index (χ0v) is 18.3. The van der Waals surface area contributed by atoms with Crippen molar-refractivity contribution in [2.24, 2.45) is 5.92 Å². The van der Waals surface area contributed by atoms with E-state index in [4.69, 9.17) is 18.9 Å². The van der Waals surface area contributed by atoms with Crippen molar-refractivity contribution in [1.29, 1.82) is 0 Å². The Morgan fingerprint density at radius 3 is 1.50 bits per heavy atom. The molecule has 1 rings (SSSR count). The van der Waals surface area contributed by atoms with Crippen LogP contribution < -0.4 is 0 Å². The van der Waals surface area contributed by atoms with Gasteiger partial charge in [-0.15, -0.1) is 0 Å². The molecule has 0 saturated heterocycles. The van der Waals surface area contributed by atoms with E-state index in [1.165, 1.54) is 17.3 Å². The number of rotatable bonds is 11. The van der Waals surface area contributed by atoms with Gasteiger partial charge in [-0.25, -0.2) is 19.2 Å². The molecule has 9 heteroatoms. The van der Waals surface area contributed by atoms with E-state index in [1.807, 2.05) is 6.92 Å². The van der Waals surface area contributed by atoms with Gasteiger partial charge in [0.25, 0.3) is 0 Å². The highest BCUT2D eigenvalue weighted by Gasteiger charge is 2.40. The molecule has 0 spiro atoms. The maximum Gasteiger partial charge on any atom is 0.340 e. The van der Waals surface area contributed by atoms with Gasteiger partial charge in [0.05, 0.1) is 37.6 Å². The van der Waals surface area contributed by atoms with Crippen LogP contribution in [0.4, 0.5) is 0 Å². The molecule has 0 aromatic rings. The van der Waals surface area contributed by atoms with Crippen LogP contribution in [0.1, 0.15) is 47.5 Å². The van der Waals surface area contributed by atoms with Gasteiger partial charge in [0, 0.05) is 18.3 Å². The summed E-state index contributed by atoms with van der Waals surface area (Å²) in [5.74, 6) is -3.58. The topological polar surface area (TPSA) is 108 Å². The highest BCUT2D eigenvalue weighted by atomic mass is 16.6. The van der Waals surface area contributed by atoms with Crippen LogP contribution in [0, 0.1) is 5.92 Å². The lowest BCUT2D eigenvalue weighted by Gasteiger charge is -2.32. The van der Waals surface area contributed by atoms with Crippen molar-refractivity contribution < 1.29 is 38.1 Å². The van der Waals surface area contributed by atoms with Crippen molar-refractivity contribution >= 4 is 23.9 Å². The van der Waals surface area contributed by atoms with Gasteiger partial charge in [0.2, 0.25) is 6.04 Å². The highest BCUT2D eigenvalue weighted by molar-refractivity contribution is 6.01. The van der Waals surface area contributed by atoms with E-state index >= 15 is 0 Å². The zero-order chi connectivity index (χ0) is 22.7. The largest absolute Gasteiger partial charge is 0.464 e. The average Bonchev–Trinajstić information content (AvgIpc) is 2.69. The quantitative estimate of drug-likeness (QED) is 0.279. The lowest BCUT2D eigenvalue weighted by Crippen LogP contribution is -2.46. The van der Waals surface area contributed by atoms with E-state index in [9.17, 15) is 19.2 Å². The zero-order valence-electron chi connectivity index (χ0n) is 18.3. The fourth-order valence-corrected chi connectivity index (χ4v) is 3.06. The van der Waals surface area contributed by atoms with Gasteiger partial charge in [0.15, 0.2) is 0 Å². The third-order valence-corrected chi connectivity index (χ3v) is 4.24. The van der Waals surface area contributed by atoms with Crippen molar-refractivity contribution in [2.45, 2.75) is 53.5 Å². The number of nitrogens with zero attached hydrogens (tertiary/aromatic N) is 1. The molecule has 0 bridgehead atoms. The minimum atomic E-state index is -1.51. The lowest BCUT2D eigenvalue weighted by atomic mass is 9.85. The monoisotopic (exact) mass is 425 g/mol. The Balaban J connectivity index is 3.55. The first-order valence-corrected chi connectivity index (χ1v) is 10.2. The number of hydrogen-bond acceptors (Lipinski definition) is 9. The molecule has 0 atom stereocenters. The van der Waals surface area contributed by atoms with E-state index in [0.717, 1.165) is 0 Å². The minimum absolute atomic E-state index is 0.0456. The molecule has 0 aromatic carbocycles. The van der Waals surface area contributed by atoms with Crippen molar-refractivity contribution in [1.82, 2.24) is 4.90 Å².